The number of hydrogen-bond donors (Lipinski definition) is 2. The van der Waals surface area contributed by atoms with Gasteiger partial charge in [0.05, 0.1) is 37.5 Å². The number of benzene rings is 2. The van der Waals surface area contributed by atoms with Gasteiger partial charge < -0.3 is 20.1 Å². The zero-order valence-corrected chi connectivity index (χ0v) is 15.7. The number of rotatable bonds is 6. The molecule has 2 N–H and O–H groups in total. The number of anilines is 1. The van der Waals surface area contributed by atoms with E-state index in [-0.39, 0.29) is 18.5 Å². The van der Waals surface area contributed by atoms with Crippen molar-refractivity contribution in [2.24, 2.45) is 0 Å². The minimum atomic E-state index is -0.0717. The van der Waals surface area contributed by atoms with Gasteiger partial charge in [0.1, 0.15) is 0 Å². The van der Waals surface area contributed by atoms with Crippen LogP contribution in [0.1, 0.15) is 30.0 Å². The zero-order valence-electron chi connectivity index (χ0n) is 15.0. The highest BCUT2D eigenvalue weighted by Gasteiger charge is 2.21. The summed E-state index contributed by atoms with van der Waals surface area (Å²) in [6.45, 7) is 0.133. The molecule has 0 unspecified atom stereocenters. The molecule has 0 saturated heterocycles. The largest absolute Gasteiger partial charge is 0.493 e. The number of nitrogens with one attached hydrogen (secondary N) is 2. The van der Waals surface area contributed by atoms with E-state index in [1.165, 1.54) is 11.1 Å². The standard InChI is InChI=1S/C20H23ClN2O3/c1-25-18-10-15(21)17(11-19(18)26-2)22-12-20(24)23-16-9-5-7-13-6-3-4-8-14(13)16/h3-4,6,8,10-11,16,22H,5,7,9,12H2,1-2H3,(H,23,24)/t16-/m0/s1. The van der Waals surface area contributed by atoms with Crippen molar-refractivity contribution in [3.63, 3.8) is 0 Å². The molecule has 1 atom stereocenters. The van der Waals surface area contributed by atoms with Gasteiger partial charge >= 0.3 is 0 Å². The van der Waals surface area contributed by atoms with E-state index >= 15 is 0 Å². The van der Waals surface area contributed by atoms with Gasteiger partial charge in [-0.3, -0.25) is 4.79 Å². The molecule has 26 heavy (non-hydrogen) atoms. The van der Waals surface area contributed by atoms with E-state index in [1.54, 1.807) is 26.4 Å². The van der Waals surface area contributed by atoms with Gasteiger partial charge in [0.15, 0.2) is 11.5 Å². The molecular weight excluding hydrogens is 352 g/mol. The highest BCUT2D eigenvalue weighted by atomic mass is 35.5. The second kappa shape index (κ2) is 8.32. The van der Waals surface area contributed by atoms with Crippen LogP contribution in [0.15, 0.2) is 36.4 Å². The summed E-state index contributed by atoms with van der Waals surface area (Å²) < 4.78 is 10.5. The topological polar surface area (TPSA) is 59.6 Å². The third kappa shape index (κ3) is 4.05. The Balaban J connectivity index is 1.63. The normalized spacial score (nSPS) is 15.7. The van der Waals surface area contributed by atoms with Gasteiger partial charge in [-0.1, -0.05) is 35.9 Å². The summed E-state index contributed by atoms with van der Waals surface area (Å²) in [5, 5.41) is 6.66. The lowest BCUT2D eigenvalue weighted by molar-refractivity contribution is -0.120. The fraction of sp³-hybridized carbons (Fsp3) is 0.350. The van der Waals surface area contributed by atoms with Crippen molar-refractivity contribution >= 4 is 23.2 Å². The van der Waals surface area contributed by atoms with Crippen LogP contribution in [0.4, 0.5) is 5.69 Å². The second-order valence-electron chi connectivity index (χ2n) is 6.25. The number of carbonyl (C=O) groups excluding carboxylic acids is 1. The van der Waals surface area contributed by atoms with E-state index < -0.39 is 0 Å². The van der Waals surface area contributed by atoms with E-state index in [2.05, 4.69) is 22.8 Å². The average Bonchev–Trinajstić information content (AvgIpc) is 2.67. The Morgan fingerprint density at radius 1 is 1.19 bits per heavy atom. The van der Waals surface area contributed by atoms with Crippen LogP contribution >= 0.6 is 11.6 Å². The number of carbonyl (C=O) groups is 1. The Morgan fingerprint density at radius 2 is 1.92 bits per heavy atom. The summed E-state index contributed by atoms with van der Waals surface area (Å²) >= 11 is 6.25. The Kier molecular flexibility index (Phi) is 5.89. The van der Waals surface area contributed by atoms with Gasteiger partial charge in [-0.2, -0.15) is 0 Å². The molecule has 0 aliphatic heterocycles. The molecule has 2 aromatic carbocycles. The Labute approximate surface area is 158 Å². The Bertz CT molecular complexity index is 795. The van der Waals surface area contributed by atoms with E-state index in [9.17, 15) is 4.79 Å². The second-order valence-corrected chi connectivity index (χ2v) is 6.66. The Hall–Kier alpha value is -2.40. The fourth-order valence-corrected chi connectivity index (χ4v) is 3.53. The SMILES string of the molecule is COc1cc(Cl)c(NCC(=O)N[C@H]2CCCc3ccccc32)cc1OC. The lowest BCUT2D eigenvalue weighted by Crippen LogP contribution is -2.35. The molecule has 0 spiro atoms. The molecule has 0 radical (unpaired) electrons. The minimum absolute atomic E-state index is 0.0649. The molecular formula is C20H23ClN2O3. The van der Waals surface area contributed by atoms with Gasteiger partial charge in [0.25, 0.3) is 0 Å². The molecule has 0 aromatic heterocycles. The van der Waals surface area contributed by atoms with Crippen molar-refractivity contribution in [2.45, 2.75) is 25.3 Å². The monoisotopic (exact) mass is 374 g/mol. The lowest BCUT2D eigenvalue weighted by Gasteiger charge is -2.26. The van der Waals surface area contributed by atoms with Crippen molar-refractivity contribution in [1.29, 1.82) is 0 Å². The van der Waals surface area contributed by atoms with Gasteiger partial charge in [-0.05, 0) is 30.4 Å². The van der Waals surface area contributed by atoms with Crippen LogP contribution in [0.2, 0.25) is 5.02 Å². The zero-order chi connectivity index (χ0) is 18.5. The van der Waals surface area contributed by atoms with Crippen molar-refractivity contribution in [1.82, 2.24) is 5.32 Å². The summed E-state index contributed by atoms with van der Waals surface area (Å²) in [5.41, 5.74) is 3.17. The first-order valence-electron chi connectivity index (χ1n) is 8.65. The number of ether oxygens (including phenoxy) is 2. The molecule has 0 saturated carbocycles. The first-order chi connectivity index (χ1) is 12.6. The van der Waals surface area contributed by atoms with Gasteiger partial charge in [0, 0.05) is 12.1 Å². The molecule has 0 heterocycles. The van der Waals surface area contributed by atoms with Crippen LogP contribution in [0, 0.1) is 0 Å². The van der Waals surface area contributed by atoms with E-state index in [1.807, 2.05) is 12.1 Å². The fourth-order valence-electron chi connectivity index (χ4n) is 3.31. The third-order valence-corrected chi connectivity index (χ3v) is 4.93. The van der Waals surface area contributed by atoms with Gasteiger partial charge in [-0.15, -0.1) is 0 Å². The molecule has 5 nitrogen and oxygen atoms in total. The molecule has 1 aliphatic rings. The van der Waals surface area contributed by atoms with E-state index in [4.69, 9.17) is 21.1 Å². The third-order valence-electron chi connectivity index (χ3n) is 4.62. The maximum Gasteiger partial charge on any atom is 0.239 e. The van der Waals surface area contributed by atoms with E-state index in [0.29, 0.717) is 22.2 Å². The summed E-state index contributed by atoms with van der Waals surface area (Å²) in [6.07, 6.45) is 3.11. The molecule has 1 aliphatic carbocycles. The smallest absolute Gasteiger partial charge is 0.239 e. The highest BCUT2D eigenvalue weighted by molar-refractivity contribution is 6.33. The van der Waals surface area contributed by atoms with Crippen LogP contribution in [0.3, 0.4) is 0 Å². The van der Waals surface area contributed by atoms with Crippen LogP contribution in [0.5, 0.6) is 11.5 Å². The quantitative estimate of drug-likeness (QED) is 0.803. The number of hydrogen-bond acceptors (Lipinski definition) is 4. The van der Waals surface area contributed by atoms with Crippen LogP contribution in [0.25, 0.3) is 0 Å². The number of amides is 1. The number of methoxy groups -OCH3 is 2. The lowest BCUT2D eigenvalue weighted by atomic mass is 9.88. The summed E-state index contributed by atoms with van der Waals surface area (Å²) in [6, 6.07) is 11.7. The number of halogens is 1. The van der Waals surface area contributed by atoms with Crippen LogP contribution in [-0.2, 0) is 11.2 Å². The van der Waals surface area contributed by atoms with Crippen molar-refractivity contribution in [3.05, 3.63) is 52.5 Å². The molecule has 1 amide bonds. The van der Waals surface area contributed by atoms with Crippen LogP contribution < -0.4 is 20.1 Å². The summed E-state index contributed by atoms with van der Waals surface area (Å²) in [7, 11) is 3.11. The Morgan fingerprint density at radius 3 is 2.69 bits per heavy atom. The van der Waals surface area contributed by atoms with E-state index in [0.717, 1.165) is 19.3 Å². The first-order valence-corrected chi connectivity index (χ1v) is 9.02. The predicted molar refractivity (Wildman–Crippen MR) is 103 cm³/mol. The maximum atomic E-state index is 12.4. The molecule has 3 rings (SSSR count). The van der Waals surface area contributed by atoms with Gasteiger partial charge in [-0.25, -0.2) is 0 Å². The summed E-state index contributed by atoms with van der Waals surface area (Å²) in [5.74, 6) is 1.03. The predicted octanol–water partition coefficient (Wildman–Crippen LogP) is 3.96. The van der Waals surface area contributed by atoms with Crippen molar-refractivity contribution in [2.75, 3.05) is 26.1 Å². The van der Waals surface area contributed by atoms with Crippen LogP contribution in [-0.4, -0.2) is 26.7 Å². The average molecular weight is 375 g/mol. The van der Waals surface area contributed by atoms with Crippen molar-refractivity contribution in [3.8, 4) is 11.5 Å². The van der Waals surface area contributed by atoms with Gasteiger partial charge in [0.2, 0.25) is 5.91 Å². The number of fused-ring (bicyclic) bond motifs is 1. The molecule has 6 heteroatoms. The molecule has 0 bridgehead atoms. The highest BCUT2D eigenvalue weighted by Crippen LogP contribution is 2.36. The minimum Gasteiger partial charge on any atom is -0.493 e. The maximum absolute atomic E-state index is 12.4. The molecule has 138 valence electrons. The first kappa shape index (κ1) is 18.4. The summed E-state index contributed by atoms with van der Waals surface area (Å²) in [4.78, 5) is 12.4. The molecule has 2 aromatic rings. The van der Waals surface area contributed by atoms with Crippen molar-refractivity contribution < 1.29 is 14.3 Å². The molecule has 0 fully saturated rings. The number of aryl methyl sites for hydroxylation is 1.